The molecular weight excluding hydrogens is 212 g/mol. The van der Waals surface area contributed by atoms with Crippen LogP contribution in [0.15, 0.2) is 24.3 Å². The Balaban J connectivity index is 3.66. The van der Waals surface area contributed by atoms with Crippen molar-refractivity contribution in [2.45, 2.75) is 57.7 Å². The lowest BCUT2D eigenvalue weighted by Gasteiger charge is -2.14. The molecule has 2 nitrogen and oxygen atoms in total. The van der Waals surface area contributed by atoms with Crippen LogP contribution in [-0.2, 0) is 0 Å². The second kappa shape index (κ2) is 11.4. The van der Waals surface area contributed by atoms with Gasteiger partial charge >= 0.3 is 0 Å². The Hall–Kier alpha value is -1.04. The van der Waals surface area contributed by atoms with Gasteiger partial charge in [-0.3, -0.25) is 0 Å². The third-order valence-corrected chi connectivity index (χ3v) is 2.55. The van der Waals surface area contributed by atoms with Crippen LogP contribution in [0, 0.1) is 12.3 Å². The van der Waals surface area contributed by atoms with E-state index in [0.717, 1.165) is 6.42 Å². The summed E-state index contributed by atoms with van der Waals surface area (Å²) in [6.45, 7) is 2.17. The molecule has 0 aromatic carbocycles. The van der Waals surface area contributed by atoms with Crippen LogP contribution >= 0.6 is 0 Å². The van der Waals surface area contributed by atoms with Crippen LogP contribution in [0.25, 0.3) is 0 Å². The molecule has 0 heterocycles. The smallest absolute Gasteiger partial charge is 0.0836 e. The van der Waals surface area contributed by atoms with Gasteiger partial charge in [-0.2, -0.15) is 0 Å². The van der Waals surface area contributed by atoms with Gasteiger partial charge in [0.15, 0.2) is 0 Å². The van der Waals surface area contributed by atoms with E-state index in [4.69, 9.17) is 6.42 Å². The molecule has 0 rings (SSSR count). The summed E-state index contributed by atoms with van der Waals surface area (Å²) >= 11 is 0. The van der Waals surface area contributed by atoms with E-state index >= 15 is 0 Å². The number of terminal acetylenes is 1. The van der Waals surface area contributed by atoms with Gasteiger partial charge in [0.2, 0.25) is 0 Å². The van der Waals surface area contributed by atoms with Crippen molar-refractivity contribution >= 4 is 0 Å². The van der Waals surface area contributed by atoms with Crippen molar-refractivity contribution in [3.63, 3.8) is 0 Å². The van der Waals surface area contributed by atoms with E-state index in [9.17, 15) is 10.2 Å². The van der Waals surface area contributed by atoms with Crippen LogP contribution < -0.4 is 0 Å². The van der Waals surface area contributed by atoms with Crippen LogP contribution in [0.4, 0.5) is 0 Å². The lowest BCUT2D eigenvalue weighted by atomic mass is 10.1. The molecule has 0 spiro atoms. The third kappa shape index (κ3) is 9.86. The predicted molar refractivity (Wildman–Crippen MR) is 72.5 cm³/mol. The maximum Gasteiger partial charge on any atom is 0.0836 e. The Kier molecular flexibility index (Phi) is 10.7. The van der Waals surface area contributed by atoms with E-state index in [2.05, 4.69) is 18.9 Å². The lowest BCUT2D eigenvalue weighted by molar-refractivity contribution is 0.0238. The normalized spacial score (nSPS) is 15.2. The molecule has 0 aliphatic carbocycles. The highest BCUT2D eigenvalue weighted by Crippen LogP contribution is 2.06. The van der Waals surface area contributed by atoms with Gasteiger partial charge in [-0.1, -0.05) is 43.9 Å². The summed E-state index contributed by atoms with van der Waals surface area (Å²) in [5, 5.41) is 19.2. The molecule has 2 atom stereocenters. The molecule has 0 saturated heterocycles. The van der Waals surface area contributed by atoms with E-state index in [1.165, 1.54) is 25.3 Å². The first-order valence-corrected chi connectivity index (χ1v) is 6.34. The summed E-state index contributed by atoms with van der Waals surface area (Å²) in [4.78, 5) is 0. The van der Waals surface area contributed by atoms with Crippen LogP contribution in [0.3, 0.4) is 0 Å². The summed E-state index contributed by atoms with van der Waals surface area (Å²) in [5.41, 5.74) is 0. The zero-order valence-corrected chi connectivity index (χ0v) is 10.7. The molecule has 96 valence electrons. The van der Waals surface area contributed by atoms with Crippen molar-refractivity contribution < 1.29 is 10.2 Å². The minimum atomic E-state index is -0.736. The van der Waals surface area contributed by atoms with Crippen molar-refractivity contribution in [2.75, 3.05) is 0 Å². The second-order valence-electron chi connectivity index (χ2n) is 4.14. The quantitative estimate of drug-likeness (QED) is 0.367. The Morgan fingerprint density at radius 3 is 2.29 bits per heavy atom. The fourth-order valence-electron chi connectivity index (χ4n) is 1.46. The number of hydrogen-bond acceptors (Lipinski definition) is 2. The van der Waals surface area contributed by atoms with Gasteiger partial charge in [0.05, 0.1) is 12.2 Å². The molecular formula is C15H24O2. The molecule has 17 heavy (non-hydrogen) atoms. The predicted octanol–water partition coefficient (Wildman–Crippen LogP) is 2.81. The largest absolute Gasteiger partial charge is 0.390 e. The average molecular weight is 236 g/mol. The van der Waals surface area contributed by atoms with Gasteiger partial charge < -0.3 is 10.2 Å². The van der Waals surface area contributed by atoms with Crippen molar-refractivity contribution in [1.29, 1.82) is 0 Å². The van der Waals surface area contributed by atoms with Crippen LogP contribution in [0.2, 0.25) is 0 Å². The van der Waals surface area contributed by atoms with E-state index in [1.807, 2.05) is 6.08 Å². The first-order valence-electron chi connectivity index (χ1n) is 6.34. The monoisotopic (exact) mass is 236 g/mol. The highest BCUT2D eigenvalue weighted by molar-refractivity contribution is 5.09. The highest BCUT2D eigenvalue weighted by atomic mass is 16.3. The Bertz CT molecular complexity index is 261. The van der Waals surface area contributed by atoms with Gasteiger partial charge in [0.1, 0.15) is 0 Å². The van der Waals surface area contributed by atoms with Crippen LogP contribution in [0.1, 0.15) is 45.4 Å². The SMILES string of the molecule is C#C/C=C/CC(O)C(O)C/C=C\CCCCC. The van der Waals surface area contributed by atoms with Crippen molar-refractivity contribution in [2.24, 2.45) is 0 Å². The Morgan fingerprint density at radius 1 is 1.06 bits per heavy atom. The van der Waals surface area contributed by atoms with Crippen molar-refractivity contribution in [3.8, 4) is 12.3 Å². The summed E-state index contributed by atoms with van der Waals surface area (Å²) in [6, 6.07) is 0. The fourth-order valence-corrected chi connectivity index (χ4v) is 1.46. The molecule has 0 bridgehead atoms. The average Bonchev–Trinajstić information content (AvgIpc) is 2.33. The molecule has 0 aliphatic heterocycles. The number of hydrogen-bond donors (Lipinski definition) is 2. The molecule has 0 fully saturated rings. The molecule has 0 radical (unpaired) electrons. The first kappa shape index (κ1) is 16.0. The molecule has 2 heteroatoms. The van der Waals surface area contributed by atoms with Crippen LogP contribution in [-0.4, -0.2) is 22.4 Å². The van der Waals surface area contributed by atoms with Gasteiger partial charge in [0.25, 0.3) is 0 Å². The Morgan fingerprint density at radius 2 is 1.71 bits per heavy atom. The maximum atomic E-state index is 9.63. The number of aliphatic hydroxyl groups excluding tert-OH is 2. The van der Waals surface area contributed by atoms with E-state index < -0.39 is 12.2 Å². The number of unbranched alkanes of at least 4 members (excludes halogenated alkanes) is 3. The lowest BCUT2D eigenvalue weighted by Crippen LogP contribution is -2.24. The topological polar surface area (TPSA) is 40.5 Å². The fraction of sp³-hybridized carbons (Fsp3) is 0.600. The maximum absolute atomic E-state index is 9.63. The molecule has 0 aromatic heterocycles. The molecule has 2 unspecified atom stereocenters. The molecule has 2 N–H and O–H groups in total. The number of rotatable bonds is 9. The van der Waals surface area contributed by atoms with Crippen molar-refractivity contribution in [1.82, 2.24) is 0 Å². The highest BCUT2D eigenvalue weighted by Gasteiger charge is 2.12. The number of aliphatic hydroxyl groups is 2. The minimum absolute atomic E-state index is 0.398. The van der Waals surface area contributed by atoms with Gasteiger partial charge in [0, 0.05) is 0 Å². The third-order valence-electron chi connectivity index (χ3n) is 2.55. The van der Waals surface area contributed by atoms with Gasteiger partial charge in [-0.05, 0) is 31.8 Å². The Labute approximate surface area is 105 Å². The van der Waals surface area contributed by atoms with E-state index in [-0.39, 0.29) is 0 Å². The molecule has 0 aliphatic rings. The summed E-state index contributed by atoms with van der Waals surface area (Å²) < 4.78 is 0. The minimum Gasteiger partial charge on any atom is -0.390 e. The zero-order valence-electron chi connectivity index (χ0n) is 10.7. The first-order chi connectivity index (χ1) is 8.22. The van der Waals surface area contributed by atoms with Gasteiger partial charge in [-0.15, -0.1) is 6.42 Å². The van der Waals surface area contributed by atoms with E-state index in [0.29, 0.717) is 12.8 Å². The molecule has 0 aromatic rings. The summed E-state index contributed by atoms with van der Waals surface area (Å²) in [7, 11) is 0. The van der Waals surface area contributed by atoms with Gasteiger partial charge in [-0.25, -0.2) is 0 Å². The second-order valence-corrected chi connectivity index (χ2v) is 4.14. The zero-order chi connectivity index (χ0) is 12.9. The molecule has 0 amide bonds. The molecule has 0 saturated carbocycles. The van der Waals surface area contributed by atoms with E-state index in [1.54, 1.807) is 6.08 Å². The number of allylic oxidation sites excluding steroid dienone is 2. The summed E-state index contributed by atoms with van der Waals surface area (Å²) in [6.07, 6.45) is 16.4. The standard InChI is InChI=1S/C15H24O2/c1-3-5-7-8-9-11-13-15(17)14(16)12-10-6-4-2/h2,6,9-11,14-17H,3,5,7-8,12-13H2,1H3/b10-6+,11-9-. The van der Waals surface area contributed by atoms with Crippen LogP contribution in [0.5, 0.6) is 0 Å². The van der Waals surface area contributed by atoms with Crippen molar-refractivity contribution in [3.05, 3.63) is 24.3 Å². The summed E-state index contributed by atoms with van der Waals surface area (Å²) in [5.74, 6) is 2.35.